The fourth-order valence-electron chi connectivity index (χ4n) is 2.38. The van der Waals surface area contributed by atoms with E-state index in [-0.39, 0.29) is 12.5 Å². The highest BCUT2D eigenvalue weighted by atomic mass is 16.5. The topological polar surface area (TPSA) is 75.6 Å². The first-order valence-electron chi connectivity index (χ1n) is 6.65. The summed E-state index contributed by atoms with van der Waals surface area (Å²) in [6.45, 7) is 0.0370. The van der Waals surface area contributed by atoms with Crippen molar-refractivity contribution in [1.29, 1.82) is 0 Å². The van der Waals surface area contributed by atoms with Gasteiger partial charge in [0.15, 0.2) is 6.10 Å². The average molecular weight is 257 g/mol. The van der Waals surface area contributed by atoms with Crippen LogP contribution >= 0.6 is 0 Å². The second-order valence-electron chi connectivity index (χ2n) is 4.91. The van der Waals surface area contributed by atoms with Crippen molar-refractivity contribution >= 4 is 11.9 Å². The number of carbonyl (C=O) groups is 2. The van der Waals surface area contributed by atoms with Crippen LogP contribution in [0.3, 0.4) is 0 Å². The molecular weight excluding hydrogens is 234 g/mol. The van der Waals surface area contributed by atoms with Crippen molar-refractivity contribution in [2.45, 2.75) is 51.0 Å². The van der Waals surface area contributed by atoms with Crippen LogP contribution in [0, 0.1) is 5.92 Å². The van der Waals surface area contributed by atoms with Gasteiger partial charge in [-0.1, -0.05) is 32.1 Å². The Morgan fingerprint density at radius 1 is 1.33 bits per heavy atom. The van der Waals surface area contributed by atoms with Crippen molar-refractivity contribution in [3.8, 4) is 0 Å². The van der Waals surface area contributed by atoms with E-state index in [4.69, 9.17) is 9.84 Å². The third kappa shape index (κ3) is 5.49. The lowest BCUT2D eigenvalue weighted by atomic mass is 9.86. The zero-order chi connectivity index (χ0) is 13.4. The van der Waals surface area contributed by atoms with Crippen molar-refractivity contribution in [2.24, 2.45) is 5.92 Å². The van der Waals surface area contributed by atoms with Gasteiger partial charge in [-0.15, -0.1) is 0 Å². The summed E-state index contributed by atoms with van der Waals surface area (Å²) < 4.78 is 4.74. The number of hydrogen-bond acceptors (Lipinski definition) is 3. The maximum absolute atomic E-state index is 11.6. The number of carboxylic acids is 1. The molecule has 0 bridgehead atoms. The van der Waals surface area contributed by atoms with Crippen LogP contribution in [0.25, 0.3) is 0 Å². The number of rotatable bonds is 7. The summed E-state index contributed by atoms with van der Waals surface area (Å²) in [5, 5.41) is 11.4. The van der Waals surface area contributed by atoms with Crippen LogP contribution < -0.4 is 5.32 Å². The molecule has 2 N–H and O–H groups in total. The Bertz CT molecular complexity index is 274. The molecule has 1 amide bonds. The van der Waals surface area contributed by atoms with Crippen LogP contribution in [-0.4, -0.2) is 36.7 Å². The second kappa shape index (κ2) is 8.08. The van der Waals surface area contributed by atoms with E-state index in [2.05, 4.69) is 5.32 Å². The average Bonchev–Trinajstić information content (AvgIpc) is 2.38. The van der Waals surface area contributed by atoms with E-state index < -0.39 is 12.1 Å². The molecule has 5 nitrogen and oxygen atoms in total. The molecule has 0 saturated heterocycles. The summed E-state index contributed by atoms with van der Waals surface area (Å²) in [5.41, 5.74) is 0. The number of aliphatic carboxylic acids is 1. The lowest BCUT2D eigenvalue weighted by Crippen LogP contribution is -2.37. The van der Waals surface area contributed by atoms with Gasteiger partial charge in [0, 0.05) is 13.5 Å². The molecule has 5 heteroatoms. The Balaban J connectivity index is 2.14. The van der Waals surface area contributed by atoms with Crippen molar-refractivity contribution < 1.29 is 19.4 Å². The van der Waals surface area contributed by atoms with Crippen molar-refractivity contribution in [3.05, 3.63) is 0 Å². The molecule has 1 aliphatic rings. The highest BCUT2D eigenvalue weighted by molar-refractivity contribution is 5.78. The van der Waals surface area contributed by atoms with Crippen LogP contribution in [-0.2, 0) is 14.3 Å². The second-order valence-corrected chi connectivity index (χ2v) is 4.91. The normalized spacial score (nSPS) is 18.3. The molecule has 0 aliphatic heterocycles. The van der Waals surface area contributed by atoms with E-state index in [9.17, 15) is 9.59 Å². The van der Waals surface area contributed by atoms with E-state index in [1.54, 1.807) is 0 Å². The molecule has 1 unspecified atom stereocenters. The third-order valence-electron chi connectivity index (χ3n) is 3.55. The van der Waals surface area contributed by atoms with Gasteiger partial charge in [0.2, 0.25) is 5.91 Å². The smallest absolute Gasteiger partial charge is 0.334 e. The summed E-state index contributed by atoms with van der Waals surface area (Å²) in [5.74, 6) is -0.462. The van der Waals surface area contributed by atoms with Crippen molar-refractivity contribution in [2.75, 3.05) is 13.7 Å². The summed E-state index contributed by atoms with van der Waals surface area (Å²) in [4.78, 5) is 22.2. The molecule has 0 heterocycles. The van der Waals surface area contributed by atoms with Gasteiger partial charge in [0.1, 0.15) is 0 Å². The van der Waals surface area contributed by atoms with Crippen LogP contribution in [0.15, 0.2) is 0 Å². The van der Waals surface area contributed by atoms with Gasteiger partial charge < -0.3 is 15.2 Å². The van der Waals surface area contributed by atoms with Gasteiger partial charge in [-0.3, -0.25) is 4.79 Å². The molecule has 0 radical (unpaired) electrons. The first-order valence-corrected chi connectivity index (χ1v) is 6.65. The molecule has 18 heavy (non-hydrogen) atoms. The molecule has 104 valence electrons. The first kappa shape index (κ1) is 15.0. The fourth-order valence-corrected chi connectivity index (χ4v) is 2.38. The Kier molecular flexibility index (Phi) is 6.72. The van der Waals surface area contributed by atoms with E-state index in [0.29, 0.717) is 12.3 Å². The summed E-state index contributed by atoms with van der Waals surface area (Å²) in [6, 6.07) is 0. The Morgan fingerprint density at radius 2 is 2.00 bits per heavy atom. The Labute approximate surface area is 108 Å². The molecule has 1 fully saturated rings. The van der Waals surface area contributed by atoms with Gasteiger partial charge in [-0.05, 0) is 12.3 Å². The highest BCUT2D eigenvalue weighted by Crippen LogP contribution is 2.27. The van der Waals surface area contributed by atoms with Gasteiger partial charge >= 0.3 is 5.97 Å². The number of ether oxygens (including phenoxy) is 1. The van der Waals surface area contributed by atoms with E-state index in [1.165, 1.54) is 39.2 Å². The van der Waals surface area contributed by atoms with E-state index in [1.807, 2.05) is 0 Å². The first-order chi connectivity index (χ1) is 8.63. The molecule has 1 rings (SSSR count). The van der Waals surface area contributed by atoms with Gasteiger partial charge in [0.25, 0.3) is 0 Å². The van der Waals surface area contributed by atoms with Crippen LogP contribution in [0.1, 0.15) is 44.9 Å². The quantitative estimate of drug-likeness (QED) is 0.725. The largest absolute Gasteiger partial charge is 0.479 e. The van der Waals surface area contributed by atoms with E-state index in [0.717, 1.165) is 6.42 Å². The maximum Gasteiger partial charge on any atom is 0.334 e. The van der Waals surface area contributed by atoms with Crippen LogP contribution in [0.4, 0.5) is 0 Å². The lowest BCUT2D eigenvalue weighted by molar-refractivity contribution is -0.148. The SMILES string of the molecule is COC(CNC(=O)CCC1CCCCC1)C(=O)O. The molecule has 0 spiro atoms. The molecule has 1 aliphatic carbocycles. The number of hydrogen-bond donors (Lipinski definition) is 2. The van der Waals surface area contributed by atoms with Gasteiger partial charge in [-0.25, -0.2) is 4.79 Å². The molecule has 1 atom stereocenters. The highest BCUT2D eigenvalue weighted by Gasteiger charge is 2.18. The van der Waals surface area contributed by atoms with Crippen LogP contribution in [0.2, 0.25) is 0 Å². The predicted octanol–water partition coefficient (Wildman–Crippen LogP) is 1.56. The number of nitrogens with one attached hydrogen (secondary N) is 1. The van der Waals surface area contributed by atoms with Gasteiger partial charge in [0.05, 0.1) is 6.54 Å². The summed E-state index contributed by atoms with van der Waals surface area (Å²) >= 11 is 0. The zero-order valence-electron chi connectivity index (χ0n) is 11.0. The predicted molar refractivity (Wildman–Crippen MR) is 67.3 cm³/mol. The molecule has 0 aromatic heterocycles. The van der Waals surface area contributed by atoms with Gasteiger partial charge in [-0.2, -0.15) is 0 Å². The number of carboxylic acid groups (broad SMARTS) is 1. The minimum Gasteiger partial charge on any atom is -0.479 e. The zero-order valence-corrected chi connectivity index (χ0v) is 11.0. The van der Waals surface area contributed by atoms with Crippen LogP contribution in [0.5, 0.6) is 0 Å². The number of carbonyl (C=O) groups excluding carboxylic acids is 1. The summed E-state index contributed by atoms with van der Waals surface area (Å²) in [7, 11) is 1.33. The molecule has 0 aromatic carbocycles. The van der Waals surface area contributed by atoms with Crippen molar-refractivity contribution in [3.63, 3.8) is 0 Å². The lowest BCUT2D eigenvalue weighted by Gasteiger charge is -2.21. The standard InChI is InChI=1S/C13H23NO4/c1-18-11(13(16)17)9-14-12(15)8-7-10-5-3-2-4-6-10/h10-11H,2-9H2,1H3,(H,14,15)(H,16,17). The Hall–Kier alpha value is -1.10. The summed E-state index contributed by atoms with van der Waals surface area (Å²) in [6.07, 6.45) is 6.76. The Morgan fingerprint density at radius 3 is 2.56 bits per heavy atom. The monoisotopic (exact) mass is 257 g/mol. The molecule has 0 aromatic rings. The fraction of sp³-hybridized carbons (Fsp3) is 0.846. The number of methoxy groups -OCH3 is 1. The maximum atomic E-state index is 11.6. The molecular formula is C13H23NO4. The third-order valence-corrected chi connectivity index (χ3v) is 3.55. The molecule has 1 saturated carbocycles. The minimum atomic E-state index is -1.05. The van der Waals surface area contributed by atoms with E-state index >= 15 is 0 Å². The van der Waals surface area contributed by atoms with Crippen molar-refractivity contribution in [1.82, 2.24) is 5.32 Å². The minimum absolute atomic E-state index is 0.0370. The number of amides is 1.